The monoisotopic (exact) mass is 305 g/mol. The molecule has 3 heterocycles. The number of aliphatic hydroxyl groups excluding tert-OH is 1. The molecule has 0 spiro atoms. The second kappa shape index (κ2) is 5.63. The number of hydrogen-bond donors (Lipinski definition) is 1. The third kappa shape index (κ3) is 2.93. The van der Waals surface area contributed by atoms with E-state index >= 15 is 0 Å². The van der Waals surface area contributed by atoms with Crippen molar-refractivity contribution in [2.45, 2.75) is 13.0 Å². The summed E-state index contributed by atoms with van der Waals surface area (Å²) in [5.41, 5.74) is 1.61. The summed E-state index contributed by atoms with van der Waals surface area (Å²) in [5, 5.41) is 17.2. The van der Waals surface area contributed by atoms with Gasteiger partial charge in [-0.05, 0) is 12.1 Å². The molecule has 0 atom stereocenters. The highest BCUT2D eigenvalue weighted by Gasteiger charge is 2.06. The van der Waals surface area contributed by atoms with E-state index in [1.165, 1.54) is 16.7 Å². The van der Waals surface area contributed by atoms with E-state index < -0.39 is 0 Å². The van der Waals surface area contributed by atoms with Crippen molar-refractivity contribution in [1.29, 1.82) is 0 Å². The molecule has 0 bridgehead atoms. The maximum atomic E-state index is 12.0. The van der Waals surface area contributed by atoms with Crippen LogP contribution in [0.5, 0.6) is 0 Å². The fraction of sp³-hybridized carbons (Fsp3) is 0.231. The lowest BCUT2D eigenvalue weighted by Crippen LogP contribution is -2.16. The summed E-state index contributed by atoms with van der Waals surface area (Å²) in [6, 6.07) is 4.81. The molecule has 0 fully saturated rings. The highest BCUT2D eigenvalue weighted by Crippen LogP contribution is 2.08. The molecule has 3 rings (SSSR count). The van der Waals surface area contributed by atoms with Crippen molar-refractivity contribution in [3.8, 4) is 0 Å². The predicted molar refractivity (Wildman–Crippen MR) is 76.4 cm³/mol. The average molecular weight is 306 g/mol. The zero-order valence-electron chi connectivity index (χ0n) is 11.0. The van der Waals surface area contributed by atoms with Crippen LogP contribution in [0.4, 0.5) is 0 Å². The highest BCUT2D eigenvalue weighted by molar-refractivity contribution is 6.30. The maximum absolute atomic E-state index is 12.0. The fourth-order valence-corrected chi connectivity index (χ4v) is 2.18. The lowest BCUT2D eigenvalue weighted by atomic mass is 10.3. The summed E-state index contributed by atoms with van der Waals surface area (Å²) in [5.74, 6) is 0. The number of halogens is 1. The number of hydrogen-bond acceptors (Lipinski definition) is 5. The molecule has 0 aliphatic heterocycles. The first-order valence-electron chi connectivity index (χ1n) is 6.33. The van der Waals surface area contributed by atoms with E-state index in [4.69, 9.17) is 16.7 Å². The molecule has 0 amide bonds. The van der Waals surface area contributed by atoms with Crippen molar-refractivity contribution < 1.29 is 5.11 Å². The predicted octanol–water partition coefficient (Wildman–Crippen LogP) is 0.522. The Morgan fingerprint density at radius 3 is 2.90 bits per heavy atom. The van der Waals surface area contributed by atoms with E-state index in [-0.39, 0.29) is 12.2 Å². The molecule has 0 aliphatic rings. The van der Waals surface area contributed by atoms with Crippen LogP contribution in [0.1, 0.15) is 11.4 Å². The van der Waals surface area contributed by atoms with Crippen LogP contribution in [-0.4, -0.2) is 36.1 Å². The van der Waals surface area contributed by atoms with Crippen LogP contribution < -0.4 is 5.56 Å². The first-order valence-corrected chi connectivity index (χ1v) is 6.71. The molecule has 21 heavy (non-hydrogen) atoms. The lowest BCUT2D eigenvalue weighted by Gasteiger charge is -2.04. The van der Waals surface area contributed by atoms with Crippen LogP contribution >= 0.6 is 11.6 Å². The minimum absolute atomic E-state index is 0.0228. The van der Waals surface area contributed by atoms with Gasteiger partial charge in [-0.2, -0.15) is 0 Å². The van der Waals surface area contributed by atoms with Crippen LogP contribution in [0.2, 0.25) is 5.02 Å². The summed E-state index contributed by atoms with van der Waals surface area (Å²) < 4.78 is 2.98. The van der Waals surface area contributed by atoms with Crippen molar-refractivity contribution in [3.63, 3.8) is 0 Å². The second-order valence-corrected chi connectivity index (χ2v) is 4.98. The molecule has 0 radical (unpaired) electrons. The van der Waals surface area contributed by atoms with E-state index in [9.17, 15) is 4.79 Å². The largest absolute Gasteiger partial charge is 0.396 e. The van der Waals surface area contributed by atoms with Gasteiger partial charge in [0.2, 0.25) is 0 Å². The zero-order valence-corrected chi connectivity index (χ0v) is 11.7. The minimum Gasteiger partial charge on any atom is -0.396 e. The van der Waals surface area contributed by atoms with Crippen LogP contribution in [0, 0.1) is 0 Å². The Bertz CT molecular complexity index is 842. The number of aromatic nitrogens is 5. The van der Waals surface area contributed by atoms with Crippen molar-refractivity contribution in [3.05, 3.63) is 57.4 Å². The SMILES string of the molecule is O=c1cc(Cn2cc(CCO)nn2)nc2ccc(Cl)cn12. The summed E-state index contributed by atoms with van der Waals surface area (Å²) in [6.07, 6.45) is 3.71. The normalized spacial score (nSPS) is 11.1. The lowest BCUT2D eigenvalue weighted by molar-refractivity contribution is 0.298. The third-order valence-electron chi connectivity index (χ3n) is 2.95. The first kappa shape index (κ1) is 13.7. The summed E-state index contributed by atoms with van der Waals surface area (Å²) >= 11 is 5.86. The van der Waals surface area contributed by atoms with Crippen molar-refractivity contribution >= 4 is 17.2 Å². The van der Waals surface area contributed by atoms with Crippen LogP contribution in [0.3, 0.4) is 0 Å². The fourth-order valence-electron chi connectivity index (χ4n) is 2.02. The van der Waals surface area contributed by atoms with Gasteiger partial charge in [0.15, 0.2) is 0 Å². The Labute approximate surface area is 124 Å². The van der Waals surface area contributed by atoms with Crippen molar-refractivity contribution in [2.24, 2.45) is 0 Å². The van der Waals surface area contributed by atoms with Gasteiger partial charge in [0.05, 0.1) is 23.0 Å². The minimum atomic E-state index is -0.201. The van der Waals surface area contributed by atoms with Gasteiger partial charge < -0.3 is 5.11 Å². The molecule has 7 nitrogen and oxygen atoms in total. The number of fused-ring (bicyclic) bond motifs is 1. The molecule has 0 aromatic carbocycles. The van der Waals surface area contributed by atoms with Gasteiger partial charge in [-0.1, -0.05) is 16.8 Å². The Hall–Kier alpha value is -2.25. The van der Waals surface area contributed by atoms with Gasteiger partial charge in [0, 0.05) is 31.5 Å². The summed E-state index contributed by atoms with van der Waals surface area (Å²) in [7, 11) is 0. The van der Waals surface area contributed by atoms with Crippen molar-refractivity contribution in [2.75, 3.05) is 6.61 Å². The summed E-state index contributed by atoms with van der Waals surface area (Å²) in [4.78, 5) is 16.4. The summed E-state index contributed by atoms with van der Waals surface area (Å²) in [6.45, 7) is 0.363. The molecule has 8 heteroatoms. The number of rotatable bonds is 4. The van der Waals surface area contributed by atoms with Gasteiger partial charge >= 0.3 is 0 Å². The van der Waals surface area contributed by atoms with Gasteiger partial charge in [-0.25, -0.2) is 9.67 Å². The van der Waals surface area contributed by atoms with E-state index in [2.05, 4.69) is 15.3 Å². The first-order chi connectivity index (χ1) is 10.2. The molecule has 0 unspecified atom stereocenters. The van der Waals surface area contributed by atoms with E-state index in [0.29, 0.717) is 35.0 Å². The van der Waals surface area contributed by atoms with Gasteiger partial charge in [0.25, 0.3) is 5.56 Å². The molecule has 0 saturated heterocycles. The van der Waals surface area contributed by atoms with Gasteiger partial charge in [-0.3, -0.25) is 9.20 Å². The van der Waals surface area contributed by atoms with E-state index in [1.54, 1.807) is 23.0 Å². The molecular formula is C13H12ClN5O2. The Morgan fingerprint density at radius 1 is 1.24 bits per heavy atom. The molecule has 0 saturated carbocycles. The van der Waals surface area contributed by atoms with Crippen LogP contribution in [-0.2, 0) is 13.0 Å². The van der Waals surface area contributed by atoms with Crippen LogP contribution in [0.15, 0.2) is 35.4 Å². The molecule has 3 aromatic heterocycles. The quantitative estimate of drug-likeness (QED) is 0.759. The Kier molecular flexibility index (Phi) is 3.68. The van der Waals surface area contributed by atoms with E-state index in [0.717, 1.165) is 0 Å². The molecule has 3 aromatic rings. The third-order valence-corrected chi connectivity index (χ3v) is 3.18. The van der Waals surface area contributed by atoms with Gasteiger partial charge in [-0.15, -0.1) is 5.10 Å². The Morgan fingerprint density at radius 2 is 2.10 bits per heavy atom. The van der Waals surface area contributed by atoms with E-state index in [1.807, 2.05) is 0 Å². The molecule has 0 aliphatic carbocycles. The average Bonchev–Trinajstić information content (AvgIpc) is 2.87. The molecule has 1 N–H and O–H groups in total. The zero-order chi connectivity index (χ0) is 14.8. The second-order valence-electron chi connectivity index (χ2n) is 4.54. The topological polar surface area (TPSA) is 85.3 Å². The number of pyridine rings is 1. The highest BCUT2D eigenvalue weighted by atomic mass is 35.5. The molecular weight excluding hydrogens is 294 g/mol. The smallest absolute Gasteiger partial charge is 0.258 e. The Balaban J connectivity index is 1.93. The van der Waals surface area contributed by atoms with Crippen molar-refractivity contribution in [1.82, 2.24) is 24.4 Å². The standard InChI is InChI=1S/C13H12ClN5O2/c14-9-1-2-12-15-11(5-13(21)19(12)6-9)8-18-7-10(3-4-20)16-17-18/h1-2,5-7,20H,3-4,8H2. The van der Waals surface area contributed by atoms with Gasteiger partial charge in [0.1, 0.15) is 5.65 Å². The maximum Gasteiger partial charge on any atom is 0.258 e. The molecule has 108 valence electrons. The number of aliphatic hydroxyl groups is 1. The van der Waals surface area contributed by atoms with Crippen LogP contribution in [0.25, 0.3) is 5.65 Å². The number of nitrogens with zero attached hydrogens (tertiary/aromatic N) is 5.